The number of pyridine rings is 1. The van der Waals surface area contributed by atoms with Crippen molar-refractivity contribution >= 4 is 22.5 Å². The number of methoxy groups -OCH3 is 2. The van der Waals surface area contributed by atoms with Crippen LogP contribution < -0.4 is 19.8 Å². The Bertz CT molecular complexity index is 1460. The van der Waals surface area contributed by atoms with E-state index in [0.717, 1.165) is 17.0 Å². The molecule has 0 aliphatic rings. The van der Waals surface area contributed by atoms with Gasteiger partial charge in [-0.05, 0) is 49.4 Å². The lowest BCUT2D eigenvalue weighted by Gasteiger charge is -2.22. The van der Waals surface area contributed by atoms with E-state index in [2.05, 4.69) is 0 Å². The number of ether oxygens (including phenoxy) is 2. The molecule has 4 rings (SSSR count). The van der Waals surface area contributed by atoms with Crippen LogP contribution in [-0.4, -0.2) is 36.3 Å². The molecule has 0 atom stereocenters. The Hall–Kier alpha value is -4.40. The molecule has 1 N–H and O–H groups in total. The molecular formula is C26H22F2N2O5. The van der Waals surface area contributed by atoms with Gasteiger partial charge >= 0.3 is 0 Å². The number of aromatic nitrogens is 1. The highest BCUT2D eigenvalue weighted by Gasteiger charge is 2.24. The normalized spacial score (nSPS) is 10.9. The zero-order valence-corrected chi connectivity index (χ0v) is 19.2. The van der Waals surface area contributed by atoms with Gasteiger partial charge in [-0.15, -0.1) is 0 Å². The summed E-state index contributed by atoms with van der Waals surface area (Å²) in [6.45, 7) is 1.69. The third-order valence-electron chi connectivity index (χ3n) is 5.59. The molecule has 9 heteroatoms. The first-order valence-electron chi connectivity index (χ1n) is 10.7. The molecule has 1 amide bonds. The minimum Gasteiger partial charge on any atom is -0.508 e. The Morgan fingerprint density at radius 1 is 0.971 bits per heavy atom. The van der Waals surface area contributed by atoms with Crippen molar-refractivity contribution in [1.29, 1.82) is 0 Å². The number of benzene rings is 3. The number of hydrogen-bond donors (Lipinski definition) is 1. The summed E-state index contributed by atoms with van der Waals surface area (Å²) in [4.78, 5) is 28.2. The molecule has 3 aromatic carbocycles. The number of nitrogens with zero attached hydrogens (tertiary/aromatic N) is 2. The fourth-order valence-corrected chi connectivity index (χ4v) is 3.91. The van der Waals surface area contributed by atoms with Crippen LogP contribution in [0.4, 0.5) is 14.5 Å². The van der Waals surface area contributed by atoms with Crippen LogP contribution in [0, 0.1) is 11.6 Å². The highest BCUT2D eigenvalue weighted by atomic mass is 19.1. The lowest BCUT2D eigenvalue weighted by Crippen LogP contribution is -2.35. The van der Waals surface area contributed by atoms with E-state index in [1.54, 1.807) is 29.7 Å². The quantitative estimate of drug-likeness (QED) is 0.434. The lowest BCUT2D eigenvalue weighted by molar-refractivity contribution is 0.0987. The number of aromatic hydroxyl groups is 1. The van der Waals surface area contributed by atoms with Gasteiger partial charge in [-0.3, -0.25) is 9.59 Å². The largest absolute Gasteiger partial charge is 0.508 e. The summed E-state index contributed by atoms with van der Waals surface area (Å²) in [7, 11) is 2.89. The number of halogens is 2. The van der Waals surface area contributed by atoms with Gasteiger partial charge in [0.05, 0.1) is 25.1 Å². The monoisotopic (exact) mass is 480 g/mol. The molecular weight excluding hydrogens is 458 g/mol. The molecule has 0 fully saturated rings. The number of phenolic OH excluding ortho intramolecular Hbond substituents is 1. The fourth-order valence-electron chi connectivity index (χ4n) is 3.91. The minimum atomic E-state index is -0.844. The summed E-state index contributed by atoms with van der Waals surface area (Å²) < 4.78 is 40.0. The maximum atomic E-state index is 13.9. The molecule has 0 radical (unpaired) electrons. The lowest BCUT2D eigenvalue weighted by atomic mass is 10.1. The number of fused-ring (bicyclic) bond motifs is 1. The second-order valence-electron chi connectivity index (χ2n) is 7.66. The van der Waals surface area contributed by atoms with Crippen LogP contribution >= 0.6 is 0 Å². The summed E-state index contributed by atoms with van der Waals surface area (Å²) in [5, 5.41) is 9.88. The molecule has 0 saturated heterocycles. The van der Waals surface area contributed by atoms with Gasteiger partial charge in [-0.25, -0.2) is 8.78 Å². The highest BCUT2D eigenvalue weighted by molar-refractivity contribution is 6.07. The van der Waals surface area contributed by atoms with Gasteiger partial charge in [0.25, 0.3) is 5.91 Å². The Morgan fingerprint density at radius 3 is 2.14 bits per heavy atom. The van der Waals surface area contributed by atoms with Crippen LogP contribution in [0.5, 0.6) is 17.2 Å². The zero-order chi connectivity index (χ0) is 25.3. The number of amides is 1. The van der Waals surface area contributed by atoms with E-state index in [9.17, 15) is 23.5 Å². The number of carbonyl (C=O) groups is 1. The molecule has 4 aromatic rings. The Labute approximate surface area is 199 Å². The van der Waals surface area contributed by atoms with E-state index < -0.39 is 23.0 Å². The molecule has 1 heterocycles. The van der Waals surface area contributed by atoms with Crippen LogP contribution in [0.2, 0.25) is 0 Å². The molecule has 35 heavy (non-hydrogen) atoms. The molecule has 180 valence electrons. The van der Waals surface area contributed by atoms with Crippen LogP contribution in [0.25, 0.3) is 16.6 Å². The maximum Gasteiger partial charge on any atom is 0.263 e. The van der Waals surface area contributed by atoms with Crippen LogP contribution in [0.3, 0.4) is 0 Å². The van der Waals surface area contributed by atoms with E-state index in [-0.39, 0.29) is 28.9 Å². The maximum absolute atomic E-state index is 13.9. The Morgan fingerprint density at radius 2 is 1.57 bits per heavy atom. The van der Waals surface area contributed by atoms with Crippen molar-refractivity contribution in [2.75, 3.05) is 25.7 Å². The molecule has 0 unspecified atom stereocenters. The van der Waals surface area contributed by atoms with Crippen molar-refractivity contribution in [3.63, 3.8) is 0 Å². The Balaban J connectivity index is 2.00. The summed E-state index contributed by atoms with van der Waals surface area (Å²) in [5.41, 5.74) is 0.155. The van der Waals surface area contributed by atoms with Crippen LogP contribution in [0.1, 0.15) is 17.3 Å². The topological polar surface area (TPSA) is 81.0 Å². The summed E-state index contributed by atoms with van der Waals surface area (Å²) in [6.07, 6.45) is 1.36. The van der Waals surface area contributed by atoms with Crippen molar-refractivity contribution in [1.82, 2.24) is 4.57 Å². The number of anilines is 1. The summed E-state index contributed by atoms with van der Waals surface area (Å²) in [5.74, 6) is -1.72. The number of hydrogen-bond acceptors (Lipinski definition) is 5. The number of rotatable bonds is 6. The van der Waals surface area contributed by atoms with Crippen molar-refractivity contribution in [2.24, 2.45) is 0 Å². The fraction of sp³-hybridized carbons (Fsp3) is 0.154. The van der Waals surface area contributed by atoms with Gasteiger partial charge in [-0.2, -0.15) is 0 Å². The SMILES string of the molecule is CCN(C(=O)c1cn(-c2ccc(O)cc2)c2cc(OC)c(OC)cc2c1=O)c1cc(F)cc(F)c1. The van der Waals surface area contributed by atoms with E-state index in [1.165, 1.54) is 38.6 Å². The van der Waals surface area contributed by atoms with E-state index >= 15 is 0 Å². The predicted molar refractivity (Wildman–Crippen MR) is 128 cm³/mol. The predicted octanol–water partition coefficient (Wildman–Crippen LogP) is 4.66. The van der Waals surface area contributed by atoms with Gasteiger partial charge < -0.3 is 24.0 Å². The average molecular weight is 480 g/mol. The molecule has 0 aliphatic carbocycles. The van der Waals surface area contributed by atoms with Gasteiger partial charge in [0.2, 0.25) is 5.43 Å². The van der Waals surface area contributed by atoms with Crippen molar-refractivity contribution < 1.29 is 28.2 Å². The molecule has 0 aliphatic heterocycles. The van der Waals surface area contributed by atoms with Crippen molar-refractivity contribution in [2.45, 2.75) is 6.92 Å². The first kappa shape index (κ1) is 23.7. The highest BCUT2D eigenvalue weighted by Crippen LogP contribution is 2.32. The van der Waals surface area contributed by atoms with Crippen molar-refractivity contribution in [3.05, 3.63) is 88.2 Å². The number of carbonyl (C=O) groups excluding carboxylic acids is 1. The van der Waals surface area contributed by atoms with Gasteiger partial charge in [0.1, 0.15) is 22.9 Å². The molecule has 1 aromatic heterocycles. The second kappa shape index (κ2) is 9.46. The third kappa shape index (κ3) is 4.40. The van der Waals surface area contributed by atoms with Crippen LogP contribution in [-0.2, 0) is 0 Å². The molecule has 0 bridgehead atoms. The zero-order valence-electron chi connectivity index (χ0n) is 19.2. The first-order valence-corrected chi connectivity index (χ1v) is 10.7. The number of phenols is 1. The standard InChI is InChI=1S/C26H22F2N2O5/c1-4-29(18-10-15(27)9-16(28)11-18)26(33)21-14-30(17-5-7-19(31)8-6-17)22-13-24(35-3)23(34-2)12-20(22)25(21)32/h5-14,31H,4H2,1-3H3. The van der Waals surface area contributed by atoms with Crippen molar-refractivity contribution in [3.8, 4) is 22.9 Å². The summed E-state index contributed by atoms with van der Waals surface area (Å²) in [6, 6.07) is 12.0. The molecule has 0 spiro atoms. The molecule has 7 nitrogen and oxygen atoms in total. The van der Waals surface area contributed by atoms with E-state index in [4.69, 9.17) is 9.47 Å². The third-order valence-corrected chi connectivity index (χ3v) is 5.59. The summed E-state index contributed by atoms with van der Waals surface area (Å²) >= 11 is 0. The van der Waals surface area contributed by atoms with E-state index in [0.29, 0.717) is 28.8 Å². The smallest absolute Gasteiger partial charge is 0.263 e. The van der Waals surface area contributed by atoms with Crippen LogP contribution in [0.15, 0.2) is 65.6 Å². The second-order valence-corrected chi connectivity index (χ2v) is 7.66. The van der Waals surface area contributed by atoms with Gasteiger partial charge in [-0.1, -0.05) is 0 Å². The Kier molecular flexibility index (Phi) is 6.42. The minimum absolute atomic E-state index is 0.0157. The average Bonchev–Trinajstić information content (AvgIpc) is 2.84. The molecule has 0 saturated carbocycles. The van der Waals surface area contributed by atoms with Gasteiger partial charge in [0, 0.05) is 36.2 Å². The van der Waals surface area contributed by atoms with Gasteiger partial charge in [0.15, 0.2) is 11.5 Å². The van der Waals surface area contributed by atoms with E-state index in [1.807, 2.05) is 0 Å². The first-order chi connectivity index (χ1) is 16.8.